The van der Waals surface area contributed by atoms with Crippen LogP contribution in [0.1, 0.15) is 29.3 Å². The fourth-order valence-electron chi connectivity index (χ4n) is 3.95. The van der Waals surface area contributed by atoms with Gasteiger partial charge in [0, 0.05) is 9.58 Å². The molecule has 1 aliphatic rings. The molecule has 0 bridgehead atoms. The first-order chi connectivity index (χ1) is 13.6. The predicted molar refractivity (Wildman–Crippen MR) is 109 cm³/mol. The number of piperidine rings is 1. The van der Waals surface area contributed by atoms with Crippen LogP contribution in [0.25, 0.3) is 10.1 Å². The number of nitrogens with zero attached hydrogens (tertiary/aromatic N) is 1. The summed E-state index contributed by atoms with van der Waals surface area (Å²) in [5.41, 5.74) is 0.860. The number of fused-ring (bicyclic) bond motifs is 1. The van der Waals surface area contributed by atoms with Crippen molar-refractivity contribution in [2.75, 3.05) is 20.2 Å². The number of benzene rings is 2. The summed E-state index contributed by atoms with van der Waals surface area (Å²) in [5.74, 6) is -1.18. The summed E-state index contributed by atoms with van der Waals surface area (Å²) in [6.07, 6.45) is 1.21. The Hall–Kier alpha value is -2.44. The first-order valence-electron chi connectivity index (χ1n) is 9.35. The molecule has 0 radical (unpaired) electrons. The Balaban J connectivity index is 1.73. The number of halogens is 1. The summed E-state index contributed by atoms with van der Waals surface area (Å²) < 4.78 is 20.7. The van der Waals surface area contributed by atoms with Gasteiger partial charge in [-0.3, -0.25) is 9.69 Å². The number of ether oxygens (including phenoxy) is 1. The minimum atomic E-state index is -0.728. The number of likely N-dealkylation sites (tertiary alicyclic amines) is 1. The van der Waals surface area contributed by atoms with E-state index in [4.69, 9.17) is 4.74 Å². The van der Waals surface area contributed by atoms with Crippen LogP contribution < -0.4 is 4.74 Å². The number of hydrogen-bond donors (Lipinski definition) is 1. The number of aliphatic carboxylic acids is 1. The lowest BCUT2D eigenvalue weighted by Crippen LogP contribution is -2.39. The smallest absolute Gasteiger partial charge is 0.306 e. The van der Waals surface area contributed by atoms with Crippen molar-refractivity contribution in [2.24, 2.45) is 5.92 Å². The first-order valence-corrected chi connectivity index (χ1v) is 10.2. The highest BCUT2D eigenvalue weighted by Gasteiger charge is 2.31. The van der Waals surface area contributed by atoms with Crippen molar-refractivity contribution in [1.29, 1.82) is 0 Å². The van der Waals surface area contributed by atoms with E-state index in [2.05, 4.69) is 23.1 Å². The second kappa shape index (κ2) is 7.89. The fourth-order valence-corrected chi connectivity index (χ4v) is 5.18. The lowest BCUT2D eigenvalue weighted by molar-refractivity contribution is -0.143. The number of hydrogen-bond acceptors (Lipinski definition) is 4. The molecule has 146 valence electrons. The SMILES string of the molecule is COc1ccc(C(c2cc3ccccc3s2)N2CCC(C(=O)O)CC2)cc1F. The summed E-state index contributed by atoms with van der Waals surface area (Å²) in [6, 6.07) is 15.4. The van der Waals surface area contributed by atoms with Crippen molar-refractivity contribution in [3.63, 3.8) is 0 Å². The molecule has 4 nitrogen and oxygen atoms in total. The van der Waals surface area contributed by atoms with Gasteiger partial charge < -0.3 is 9.84 Å². The molecule has 3 aromatic rings. The number of methoxy groups -OCH3 is 1. The van der Waals surface area contributed by atoms with Gasteiger partial charge in [-0.1, -0.05) is 24.3 Å². The number of carboxylic acids is 1. The molecule has 1 atom stereocenters. The average Bonchev–Trinajstić information content (AvgIpc) is 3.12. The maximum absolute atomic E-state index is 14.4. The van der Waals surface area contributed by atoms with Crippen molar-refractivity contribution >= 4 is 27.4 Å². The Morgan fingerprint density at radius 3 is 2.61 bits per heavy atom. The van der Waals surface area contributed by atoms with Crippen molar-refractivity contribution < 1.29 is 19.0 Å². The zero-order chi connectivity index (χ0) is 19.7. The van der Waals surface area contributed by atoms with E-state index in [1.54, 1.807) is 17.4 Å². The van der Waals surface area contributed by atoms with E-state index in [0.717, 1.165) is 10.4 Å². The van der Waals surface area contributed by atoms with E-state index < -0.39 is 5.97 Å². The summed E-state index contributed by atoms with van der Waals surface area (Å²) in [6.45, 7) is 1.34. The van der Waals surface area contributed by atoms with Crippen LogP contribution in [0.3, 0.4) is 0 Å². The topological polar surface area (TPSA) is 49.8 Å². The molecule has 1 fully saturated rings. The first kappa shape index (κ1) is 18.9. The van der Waals surface area contributed by atoms with Crippen LogP contribution in [0, 0.1) is 11.7 Å². The summed E-state index contributed by atoms with van der Waals surface area (Å²) in [5, 5.41) is 10.5. The van der Waals surface area contributed by atoms with Gasteiger partial charge in [-0.15, -0.1) is 11.3 Å². The van der Waals surface area contributed by atoms with E-state index in [1.165, 1.54) is 23.3 Å². The molecule has 28 heavy (non-hydrogen) atoms. The zero-order valence-corrected chi connectivity index (χ0v) is 16.4. The molecular formula is C22H22FNO3S. The molecule has 6 heteroatoms. The third-order valence-electron chi connectivity index (χ3n) is 5.45. The van der Waals surface area contributed by atoms with E-state index >= 15 is 0 Å². The van der Waals surface area contributed by atoms with Gasteiger partial charge in [-0.2, -0.15) is 0 Å². The molecular weight excluding hydrogens is 377 g/mol. The highest BCUT2D eigenvalue weighted by molar-refractivity contribution is 7.19. The Morgan fingerprint density at radius 1 is 1.21 bits per heavy atom. The highest BCUT2D eigenvalue weighted by atomic mass is 32.1. The van der Waals surface area contributed by atoms with Crippen LogP contribution in [0.5, 0.6) is 5.75 Å². The second-order valence-electron chi connectivity index (χ2n) is 7.13. The quantitative estimate of drug-likeness (QED) is 0.661. The normalized spacial score (nSPS) is 16.9. The van der Waals surface area contributed by atoms with Crippen LogP contribution in [0.2, 0.25) is 0 Å². The second-order valence-corrected chi connectivity index (χ2v) is 8.25. The van der Waals surface area contributed by atoms with Gasteiger partial charge in [0.2, 0.25) is 0 Å². The number of rotatable bonds is 5. The van der Waals surface area contributed by atoms with Crippen LogP contribution >= 0.6 is 11.3 Å². The molecule has 1 N–H and O–H groups in total. The zero-order valence-electron chi connectivity index (χ0n) is 15.6. The fraction of sp³-hybridized carbons (Fsp3) is 0.318. The van der Waals surface area contributed by atoms with Gasteiger partial charge in [0.05, 0.1) is 19.1 Å². The molecule has 2 heterocycles. The summed E-state index contributed by atoms with van der Waals surface area (Å²) >= 11 is 1.71. The number of thiophene rings is 1. The van der Waals surface area contributed by atoms with Gasteiger partial charge >= 0.3 is 5.97 Å². The Morgan fingerprint density at radius 2 is 1.96 bits per heavy atom. The van der Waals surface area contributed by atoms with Gasteiger partial charge in [0.25, 0.3) is 0 Å². The number of carbonyl (C=O) groups is 1. The van der Waals surface area contributed by atoms with Gasteiger partial charge in [0.1, 0.15) is 0 Å². The molecule has 0 spiro atoms. The maximum atomic E-state index is 14.4. The molecule has 0 amide bonds. The minimum absolute atomic E-state index is 0.104. The van der Waals surface area contributed by atoms with E-state index in [-0.39, 0.29) is 23.5 Å². The van der Waals surface area contributed by atoms with Crippen molar-refractivity contribution in [3.8, 4) is 5.75 Å². The van der Waals surface area contributed by atoms with Crippen LogP contribution in [0.15, 0.2) is 48.5 Å². The predicted octanol–water partition coefficient (Wildman–Crippen LogP) is 4.94. The molecule has 1 saturated heterocycles. The third kappa shape index (κ3) is 3.62. The lowest BCUT2D eigenvalue weighted by atomic mass is 9.93. The molecule has 1 aliphatic heterocycles. The van der Waals surface area contributed by atoms with Crippen LogP contribution in [0.4, 0.5) is 4.39 Å². The molecule has 0 aliphatic carbocycles. The minimum Gasteiger partial charge on any atom is -0.494 e. The molecule has 1 aromatic heterocycles. The van der Waals surface area contributed by atoms with E-state index in [1.807, 2.05) is 18.2 Å². The lowest BCUT2D eigenvalue weighted by Gasteiger charge is -2.36. The molecule has 2 aromatic carbocycles. The number of carboxylic acid groups (broad SMARTS) is 1. The maximum Gasteiger partial charge on any atom is 0.306 e. The Labute approximate surface area is 167 Å². The van der Waals surface area contributed by atoms with E-state index in [0.29, 0.717) is 25.9 Å². The molecule has 1 unspecified atom stereocenters. The monoisotopic (exact) mass is 399 g/mol. The Bertz CT molecular complexity index is 961. The molecule has 0 saturated carbocycles. The van der Waals surface area contributed by atoms with Crippen LogP contribution in [-0.2, 0) is 4.79 Å². The summed E-state index contributed by atoms with van der Waals surface area (Å²) in [7, 11) is 1.46. The van der Waals surface area contributed by atoms with Crippen molar-refractivity contribution in [2.45, 2.75) is 18.9 Å². The standard InChI is InChI=1S/C22H22FNO3S/c1-27-18-7-6-16(12-17(18)23)21(24-10-8-14(9-11-24)22(25)26)20-13-15-4-2-3-5-19(15)28-20/h2-7,12-14,21H,8-11H2,1H3,(H,25,26). The average molecular weight is 399 g/mol. The highest BCUT2D eigenvalue weighted by Crippen LogP contribution is 2.39. The van der Waals surface area contributed by atoms with Gasteiger partial charge in [-0.05, 0) is 61.1 Å². The summed E-state index contributed by atoms with van der Waals surface area (Å²) in [4.78, 5) is 14.7. The van der Waals surface area contributed by atoms with Crippen molar-refractivity contribution in [1.82, 2.24) is 4.90 Å². The van der Waals surface area contributed by atoms with Crippen LogP contribution in [-0.4, -0.2) is 36.2 Å². The van der Waals surface area contributed by atoms with Crippen molar-refractivity contribution in [3.05, 3.63) is 64.8 Å². The molecule has 4 rings (SSSR count). The van der Waals surface area contributed by atoms with Gasteiger partial charge in [-0.25, -0.2) is 4.39 Å². The Kier molecular flexibility index (Phi) is 5.33. The largest absolute Gasteiger partial charge is 0.494 e. The van der Waals surface area contributed by atoms with E-state index in [9.17, 15) is 14.3 Å². The third-order valence-corrected chi connectivity index (χ3v) is 6.62. The van der Waals surface area contributed by atoms with Gasteiger partial charge in [0.15, 0.2) is 11.6 Å².